The molecule has 0 unspecified atom stereocenters. The number of nitrogens with zero attached hydrogens (tertiary/aromatic N) is 1. The van der Waals surface area contributed by atoms with Gasteiger partial charge in [-0.1, -0.05) is 30.3 Å². The van der Waals surface area contributed by atoms with Crippen LogP contribution in [0.5, 0.6) is 0 Å². The topological polar surface area (TPSA) is 32.3 Å². The van der Waals surface area contributed by atoms with Crippen molar-refractivity contribution in [3.8, 4) is 0 Å². The smallest absolute Gasteiger partial charge is 0.224 e. The Morgan fingerprint density at radius 3 is 2.62 bits per heavy atom. The van der Waals surface area contributed by atoms with Gasteiger partial charge < -0.3 is 10.2 Å². The minimum Gasteiger partial charge on any atom is -0.373 e. The second-order valence-corrected chi connectivity index (χ2v) is 4.91. The number of rotatable bonds is 6. The third kappa shape index (κ3) is 4.91. The summed E-state index contributed by atoms with van der Waals surface area (Å²) in [4.78, 5) is 13.9. The molecule has 2 aromatic rings. The molecule has 0 aromatic heterocycles. The highest BCUT2D eigenvalue weighted by atomic mass is 19.1. The number of hydrogen-bond acceptors (Lipinski definition) is 2. The van der Waals surface area contributed by atoms with Gasteiger partial charge in [0.1, 0.15) is 5.82 Å². The number of carbonyl (C=O) groups is 1. The van der Waals surface area contributed by atoms with Gasteiger partial charge in [0.2, 0.25) is 5.91 Å². The minimum atomic E-state index is -0.316. The first-order valence-electron chi connectivity index (χ1n) is 6.92. The molecule has 1 N–H and O–H groups in total. The van der Waals surface area contributed by atoms with Gasteiger partial charge in [-0.3, -0.25) is 4.79 Å². The third-order valence-electron chi connectivity index (χ3n) is 3.22. The van der Waals surface area contributed by atoms with Crippen LogP contribution in [0, 0.1) is 5.82 Å². The molecule has 0 atom stereocenters. The van der Waals surface area contributed by atoms with Crippen LogP contribution in [0.3, 0.4) is 0 Å². The van der Waals surface area contributed by atoms with Crippen LogP contribution in [-0.2, 0) is 11.2 Å². The van der Waals surface area contributed by atoms with Gasteiger partial charge >= 0.3 is 0 Å². The summed E-state index contributed by atoms with van der Waals surface area (Å²) in [7, 11) is 1.98. The average Bonchev–Trinajstić information content (AvgIpc) is 2.48. The molecule has 1 amide bonds. The number of carbonyl (C=O) groups excluding carboxylic acids is 1. The number of amides is 1. The number of para-hydroxylation sites is 1. The summed E-state index contributed by atoms with van der Waals surface area (Å²) >= 11 is 0. The summed E-state index contributed by atoms with van der Waals surface area (Å²) in [5.74, 6) is -0.411. The van der Waals surface area contributed by atoms with E-state index in [2.05, 4.69) is 10.2 Å². The van der Waals surface area contributed by atoms with Gasteiger partial charge in [0, 0.05) is 25.8 Å². The standard InChI is InChI=1S/C17H19FN2O/c1-20(16-8-3-2-4-9-16)11-10-19-17(21)13-14-6-5-7-15(18)12-14/h2-9,12H,10-11,13H2,1H3,(H,19,21). The summed E-state index contributed by atoms with van der Waals surface area (Å²) in [6.45, 7) is 1.28. The molecule has 0 saturated carbocycles. The van der Waals surface area contributed by atoms with E-state index in [0.29, 0.717) is 12.1 Å². The van der Waals surface area contributed by atoms with E-state index in [1.807, 2.05) is 37.4 Å². The van der Waals surface area contributed by atoms with Crippen molar-refractivity contribution in [2.24, 2.45) is 0 Å². The number of likely N-dealkylation sites (N-methyl/N-ethyl adjacent to an activating group) is 1. The fourth-order valence-electron chi connectivity index (χ4n) is 2.07. The van der Waals surface area contributed by atoms with Crippen LogP contribution in [0.15, 0.2) is 54.6 Å². The Labute approximate surface area is 124 Å². The molecule has 0 aliphatic heterocycles. The van der Waals surface area contributed by atoms with Crippen molar-refractivity contribution in [1.82, 2.24) is 5.32 Å². The Bertz CT molecular complexity index is 586. The van der Waals surface area contributed by atoms with Crippen LogP contribution in [0.2, 0.25) is 0 Å². The number of anilines is 1. The lowest BCUT2D eigenvalue weighted by Crippen LogP contribution is -2.33. The van der Waals surface area contributed by atoms with Gasteiger partial charge in [0.25, 0.3) is 0 Å². The molecule has 0 aliphatic carbocycles. The van der Waals surface area contributed by atoms with Crippen LogP contribution in [0.4, 0.5) is 10.1 Å². The molecular formula is C17H19FN2O. The molecule has 110 valence electrons. The Balaban J connectivity index is 1.74. The van der Waals surface area contributed by atoms with Crippen molar-refractivity contribution in [1.29, 1.82) is 0 Å². The summed E-state index contributed by atoms with van der Waals surface area (Å²) < 4.78 is 13.0. The highest BCUT2D eigenvalue weighted by molar-refractivity contribution is 5.78. The van der Waals surface area contributed by atoms with E-state index >= 15 is 0 Å². The molecule has 0 saturated heterocycles. The molecule has 2 rings (SSSR count). The largest absolute Gasteiger partial charge is 0.373 e. The highest BCUT2D eigenvalue weighted by Crippen LogP contribution is 2.09. The van der Waals surface area contributed by atoms with E-state index in [-0.39, 0.29) is 18.1 Å². The maximum absolute atomic E-state index is 13.0. The number of hydrogen-bond donors (Lipinski definition) is 1. The highest BCUT2D eigenvalue weighted by Gasteiger charge is 2.05. The van der Waals surface area contributed by atoms with E-state index in [1.54, 1.807) is 12.1 Å². The normalized spacial score (nSPS) is 10.2. The van der Waals surface area contributed by atoms with Crippen molar-refractivity contribution in [3.05, 3.63) is 66.0 Å². The quantitative estimate of drug-likeness (QED) is 0.885. The Kier molecular flexibility index (Phi) is 5.32. The molecule has 0 aliphatic rings. The fraction of sp³-hybridized carbons (Fsp3) is 0.235. The first-order valence-corrected chi connectivity index (χ1v) is 6.92. The number of benzene rings is 2. The zero-order valence-corrected chi connectivity index (χ0v) is 12.1. The van der Waals surface area contributed by atoms with Crippen LogP contribution in [0.1, 0.15) is 5.56 Å². The summed E-state index contributed by atoms with van der Waals surface area (Å²) in [6.07, 6.45) is 0.201. The average molecular weight is 286 g/mol. The molecular weight excluding hydrogens is 267 g/mol. The van der Waals surface area contributed by atoms with E-state index < -0.39 is 0 Å². The molecule has 2 aromatic carbocycles. The van der Waals surface area contributed by atoms with Crippen LogP contribution >= 0.6 is 0 Å². The predicted octanol–water partition coefficient (Wildman–Crippen LogP) is 2.62. The van der Waals surface area contributed by atoms with Crippen molar-refractivity contribution in [2.75, 3.05) is 25.0 Å². The monoisotopic (exact) mass is 286 g/mol. The second kappa shape index (κ2) is 7.43. The maximum Gasteiger partial charge on any atom is 0.224 e. The molecule has 21 heavy (non-hydrogen) atoms. The van der Waals surface area contributed by atoms with Crippen molar-refractivity contribution in [2.45, 2.75) is 6.42 Å². The maximum atomic E-state index is 13.0. The molecule has 4 heteroatoms. The first-order chi connectivity index (χ1) is 10.1. The van der Waals surface area contributed by atoms with Crippen LogP contribution in [-0.4, -0.2) is 26.0 Å². The third-order valence-corrected chi connectivity index (χ3v) is 3.22. The number of nitrogens with one attached hydrogen (secondary N) is 1. The minimum absolute atomic E-state index is 0.0953. The molecule has 0 spiro atoms. The predicted molar refractivity (Wildman–Crippen MR) is 82.8 cm³/mol. The first kappa shape index (κ1) is 15.0. The fourth-order valence-corrected chi connectivity index (χ4v) is 2.07. The molecule has 3 nitrogen and oxygen atoms in total. The van der Waals surface area contributed by atoms with Crippen LogP contribution < -0.4 is 10.2 Å². The lowest BCUT2D eigenvalue weighted by atomic mass is 10.1. The van der Waals surface area contributed by atoms with Crippen molar-refractivity contribution < 1.29 is 9.18 Å². The molecule has 0 fully saturated rings. The van der Waals surface area contributed by atoms with E-state index in [4.69, 9.17) is 0 Å². The Morgan fingerprint density at radius 2 is 1.90 bits per heavy atom. The van der Waals surface area contributed by atoms with Gasteiger partial charge in [0.05, 0.1) is 6.42 Å². The van der Waals surface area contributed by atoms with E-state index in [1.165, 1.54) is 12.1 Å². The van der Waals surface area contributed by atoms with Crippen LogP contribution in [0.25, 0.3) is 0 Å². The lowest BCUT2D eigenvalue weighted by Gasteiger charge is -2.19. The second-order valence-electron chi connectivity index (χ2n) is 4.91. The van der Waals surface area contributed by atoms with E-state index in [9.17, 15) is 9.18 Å². The molecule has 0 bridgehead atoms. The molecule has 0 heterocycles. The van der Waals surface area contributed by atoms with Crippen molar-refractivity contribution >= 4 is 11.6 Å². The van der Waals surface area contributed by atoms with Crippen molar-refractivity contribution in [3.63, 3.8) is 0 Å². The Hall–Kier alpha value is -2.36. The summed E-state index contributed by atoms with van der Waals surface area (Å²) in [5.41, 5.74) is 1.79. The zero-order valence-electron chi connectivity index (χ0n) is 12.1. The van der Waals surface area contributed by atoms with Gasteiger partial charge in [-0.15, -0.1) is 0 Å². The SMILES string of the molecule is CN(CCNC(=O)Cc1cccc(F)c1)c1ccccc1. The van der Waals surface area contributed by atoms with Gasteiger partial charge in [-0.25, -0.2) is 4.39 Å². The van der Waals surface area contributed by atoms with Gasteiger partial charge in [-0.05, 0) is 29.8 Å². The molecule has 0 radical (unpaired) electrons. The Morgan fingerprint density at radius 1 is 1.14 bits per heavy atom. The van der Waals surface area contributed by atoms with Gasteiger partial charge in [-0.2, -0.15) is 0 Å². The summed E-state index contributed by atoms with van der Waals surface area (Å²) in [5, 5.41) is 2.85. The summed E-state index contributed by atoms with van der Waals surface area (Å²) in [6, 6.07) is 16.1. The zero-order chi connectivity index (χ0) is 15.1. The number of halogens is 1. The van der Waals surface area contributed by atoms with E-state index in [0.717, 1.165) is 12.2 Å². The lowest BCUT2D eigenvalue weighted by molar-refractivity contribution is -0.120. The van der Waals surface area contributed by atoms with Gasteiger partial charge in [0.15, 0.2) is 0 Å².